The van der Waals surface area contributed by atoms with E-state index in [0.29, 0.717) is 0 Å². The van der Waals surface area contributed by atoms with E-state index in [1.165, 1.54) is 44.9 Å². The van der Waals surface area contributed by atoms with Gasteiger partial charge in [-0.15, -0.1) is 0 Å². The molecule has 0 heterocycles. The fourth-order valence-corrected chi connectivity index (χ4v) is 1.54. The Labute approximate surface area is 96.5 Å². The fraction of sp³-hybridized carbons (Fsp3) is 0.667. The Morgan fingerprint density at radius 3 is 2.07 bits per heavy atom. The van der Waals surface area contributed by atoms with Gasteiger partial charge in [-0.25, -0.2) is 0 Å². The molecule has 0 fully saturated rings. The number of allylic oxidation sites excluding steroid dienone is 4. The predicted octanol–water partition coefficient (Wildman–Crippen LogP) is 5.46. The van der Waals surface area contributed by atoms with Crippen molar-refractivity contribution >= 4 is 0 Å². The second kappa shape index (κ2) is 13.5. The van der Waals surface area contributed by atoms with Crippen LogP contribution in [0.2, 0.25) is 0 Å². The molecule has 0 aromatic carbocycles. The molecule has 0 aromatic rings. The Hall–Kier alpha value is -0.520. The van der Waals surface area contributed by atoms with Gasteiger partial charge in [0, 0.05) is 0 Å². The second-order valence-electron chi connectivity index (χ2n) is 4.03. The molecule has 0 spiro atoms. The third-order valence-corrected chi connectivity index (χ3v) is 2.49. The van der Waals surface area contributed by atoms with Crippen LogP contribution in [0.5, 0.6) is 0 Å². The lowest BCUT2D eigenvalue weighted by Crippen LogP contribution is -1.78. The molecule has 0 heteroatoms. The Balaban J connectivity index is 3.04. The van der Waals surface area contributed by atoms with Crippen LogP contribution in [0.25, 0.3) is 0 Å². The average molecular weight is 207 g/mol. The highest BCUT2D eigenvalue weighted by molar-refractivity contribution is 5.01. The molecule has 0 aromatic heterocycles. The third kappa shape index (κ3) is 13.5. The zero-order valence-electron chi connectivity index (χ0n) is 10.4. The lowest BCUT2D eigenvalue weighted by Gasteiger charge is -1.98. The number of rotatable bonds is 10. The molecule has 0 saturated carbocycles. The summed E-state index contributed by atoms with van der Waals surface area (Å²) in [6.45, 7) is 6.02. The van der Waals surface area contributed by atoms with Crippen LogP contribution < -0.4 is 0 Å². The third-order valence-electron chi connectivity index (χ3n) is 2.49. The van der Waals surface area contributed by atoms with Gasteiger partial charge in [0.15, 0.2) is 0 Å². The van der Waals surface area contributed by atoms with Crippen LogP contribution in [-0.4, -0.2) is 0 Å². The lowest BCUT2D eigenvalue weighted by atomic mass is 10.1. The highest BCUT2D eigenvalue weighted by Crippen LogP contribution is 2.08. The molecule has 0 aliphatic heterocycles. The molecule has 0 aliphatic carbocycles. The maximum absolute atomic E-state index is 3.85. The van der Waals surface area contributed by atoms with Gasteiger partial charge in [0.2, 0.25) is 0 Å². The van der Waals surface area contributed by atoms with E-state index in [1.807, 2.05) is 0 Å². The summed E-state index contributed by atoms with van der Waals surface area (Å²) in [5.41, 5.74) is 0. The smallest absolute Gasteiger partial charge is 0.0348 e. The molecule has 0 amide bonds. The molecule has 0 atom stereocenters. The summed E-state index contributed by atoms with van der Waals surface area (Å²) in [5.74, 6) is 0. The SMILES string of the molecule is [CH2]CCCCCCCCC=CC=CCC. The van der Waals surface area contributed by atoms with Crippen LogP contribution in [0.15, 0.2) is 24.3 Å². The van der Waals surface area contributed by atoms with Gasteiger partial charge in [-0.05, 0) is 19.3 Å². The maximum Gasteiger partial charge on any atom is -0.0348 e. The van der Waals surface area contributed by atoms with E-state index in [4.69, 9.17) is 0 Å². The van der Waals surface area contributed by atoms with Crippen molar-refractivity contribution < 1.29 is 0 Å². The zero-order valence-corrected chi connectivity index (χ0v) is 10.4. The monoisotopic (exact) mass is 207 g/mol. The van der Waals surface area contributed by atoms with Gasteiger partial charge in [-0.1, -0.05) is 76.7 Å². The van der Waals surface area contributed by atoms with Crippen LogP contribution in [-0.2, 0) is 0 Å². The summed E-state index contributed by atoms with van der Waals surface area (Å²) in [7, 11) is 0. The molecule has 0 bridgehead atoms. The fourth-order valence-electron chi connectivity index (χ4n) is 1.54. The van der Waals surface area contributed by atoms with Crippen LogP contribution in [0.3, 0.4) is 0 Å². The summed E-state index contributed by atoms with van der Waals surface area (Å²) in [5, 5.41) is 0. The van der Waals surface area contributed by atoms with Gasteiger partial charge >= 0.3 is 0 Å². The van der Waals surface area contributed by atoms with Crippen LogP contribution in [0, 0.1) is 6.92 Å². The topological polar surface area (TPSA) is 0 Å². The quantitative estimate of drug-likeness (QED) is 0.329. The first-order valence-corrected chi connectivity index (χ1v) is 6.52. The molecule has 0 N–H and O–H groups in total. The van der Waals surface area contributed by atoms with E-state index in [0.717, 1.165) is 12.8 Å². The molecular weight excluding hydrogens is 180 g/mol. The van der Waals surface area contributed by atoms with Crippen molar-refractivity contribution in [2.24, 2.45) is 0 Å². The van der Waals surface area contributed by atoms with Crippen LogP contribution >= 0.6 is 0 Å². The predicted molar refractivity (Wildman–Crippen MR) is 70.9 cm³/mol. The average Bonchev–Trinajstić information content (AvgIpc) is 2.26. The van der Waals surface area contributed by atoms with Crippen LogP contribution in [0.4, 0.5) is 0 Å². The lowest BCUT2D eigenvalue weighted by molar-refractivity contribution is 0.599. The molecule has 0 rings (SSSR count). The Kier molecular flexibility index (Phi) is 13.0. The molecule has 1 radical (unpaired) electrons. The van der Waals surface area contributed by atoms with Gasteiger partial charge < -0.3 is 0 Å². The summed E-state index contributed by atoms with van der Waals surface area (Å²) in [4.78, 5) is 0. The van der Waals surface area contributed by atoms with E-state index < -0.39 is 0 Å². The van der Waals surface area contributed by atoms with Gasteiger partial charge in [0.1, 0.15) is 0 Å². The molecular formula is C15H27. The first kappa shape index (κ1) is 14.5. The van der Waals surface area contributed by atoms with E-state index in [9.17, 15) is 0 Å². The van der Waals surface area contributed by atoms with E-state index in [1.54, 1.807) is 0 Å². The summed E-state index contributed by atoms with van der Waals surface area (Å²) < 4.78 is 0. The Morgan fingerprint density at radius 2 is 1.40 bits per heavy atom. The highest BCUT2D eigenvalue weighted by Gasteiger charge is 1.88. The van der Waals surface area contributed by atoms with Crippen molar-refractivity contribution in [3.05, 3.63) is 31.2 Å². The van der Waals surface area contributed by atoms with Crippen molar-refractivity contribution in [2.75, 3.05) is 0 Å². The Bertz CT molecular complexity index is 153. The van der Waals surface area contributed by atoms with Crippen molar-refractivity contribution in [2.45, 2.75) is 64.7 Å². The standard InChI is InChI=1S/C15H27/c1-3-5-7-9-11-13-15-14-12-10-8-6-4-2/h6,8,10,12H,1,3-5,7,9,11,13-15H2,2H3. The molecule has 0 nitrogen and oxygen atoms in total. The molecule has 0 unspecified atom stereocenters. The largest absolute Gasteiger partial charge is 0.0848 e. The number of unbranched alkanes of at least 4 members (excludes halogenated alkanes) is 7. The minimum Gasteiger partial charge on any atom is -0.0848 e. The highest BCUT2D eigenvalue weighted by atomic mass is 13.9. The zero-order chi connectivity index (χ0) is 11.2. The minimum absolute atomic E-state index is 1.10. The van der Waals surface area contributed by atoms with E-state index >= 15 is 0 Å². The summed E-state index contributed by atoms with van der Waals surface area (Å²) in [6.07, 6.45) is 20.5. The van der Waals surface area contributed by atoms with Crippen molar-refractivity contribution in [1.29, 1.82) is 0 Å². The first-order chi connectivity index (χ1) is 7.41. The number of hydrogen-bond donors (Lipinski definition) is 0. The summed E-state index contributed by atoms with van der Waals surface area (Å²) in [6, 6.07) is 0. The van der Waals surface area contributed by atoms with Crippen molar-refractivity contribution in [1.82, 2.24) is 0 Å². The minimum atomic E-state index is 1.10. The number of hydrogen-bond acceptors (Lipinski definition) is 0. The van der Waals surface area contributed by atoms with Crippen molar-refractivity contribution in [3.63, 3.8) is 0 Å². The maximum atomic E-state index is 3.85. The first-order valence-electron chi connectivity index (χ1n) is 6.52. The van der Waals surface area contributed by atoms with Crippen molar-refractivity contribution in [3.8, 4) is 0 Å². The van der Waals surface area contributed by atoms with E-state index in [2.05, 4.69) is 38.2 Å². The van der Waals surface area contributed by atoms with Gasteiger partial charge in [-0.2, -0.15) is 0 Å². The second-order valence-corrected chi connectivity index (χ2v) is 4.03. The molecule has 15 heavy (non-hydrogen) atoms. The van der Waals surface area contributed by atoms with Gasteiger partial charge in [0.25, 0.3) is 0 Å². The normalized spacial score (nSPS) is 11.9. The molecule has 0 aliphatic rings. The van der Waals surface area contributed by atoms with E-state index in [-0.39, 0.29) is 0 Å². The molecule has 0 saturated heterocycles. The van der Waals surface area contributed by atoms with Gasteiger partial charge in [-0.3, -0.25) is 0 Å². The molecule has 87 valence electrons. The van der Waals surface area contributed by atoms with Gasteiger partial charge in [0.05, 0.1) is 0 Å². The Morgan fingerprint density at radius 1 is 0.800 bits per heavy atom. The van der Waals surface area contributed by atoms with Crippen LogP contribution in [0.1, 0.15) is 64.7 Å². The summed E-state index contributed by atoms with van der Waals surface area (Å²) >= 11 is 0.